The Kier molecular flexibility index (Phi) is 8.93. The molecule has 0 spiro atoms. The van der Waals surface area contributed by atoms with E-state index in [1.807, 2.05) is 13.8 Å². The van der Waals surface area contributed by atoms with Gasteiger partial charge in [-0.2, -0.15) is 21.6 Å². The van der Waals surface area contributed by atoms with Crippen LogP contribution in [0.15, 0.2) is 71.6 Å². The van der Waals surface area contributed by atoms with Crippen molar-refractivity contribution in [3.05, 3.63) is 83.4 Å². The molecule has 11 heteroatoms. The minimum atomic E-state index is -4.70. The first-order valence-electron chi connectivity index (χ1n) is 11.6. The summed E-state index contributed by atoms with van der Waals surface area (Å²) in [5.41, 5.74) is -0.218. The highest BCUT2D eigenvalue weighted by molar-refractivity contribution is 7.87. The molecule has 3 rings (SSSR count). The maximum absolute atomic E-state index is 13.5. The second kappa shape index (κ2) is 11.8. The van der Waals surface area contributed by atoms with Gasteiger partial charge in [-0.3, -0.25) is 4.79 Å². The zero-order valence-corrected chi connectivity index (χ0v) is 22.1. The second-order valence-corrected chi connectivity index (χ2v) is 10.4. The van der Waals surface area contributed by atoms with Gasteiger partial charge in [-0.25, -0.2) is 0 Å². The van der Waals surface area contributed by atoms with Gasteiger partial charge in [0.15, 0.2) is 0 Å². The fourth-order valence-electron chi connectivity index (χ4n) is 3.72. The normalized spacial score (nSPS) is 11.8. The summed E-state index contributed by atoms with van der Waals surface area (Å²) in [4.78, 5) is 14.4. The Labute approximate surface area is 219 Å². The van der Waals surface area contributed by atoms with Crippen LogP contribution in [-0.4, -0.2) is 40.0 Å². The van der Waals surface area contributed by atoms with Crippen molar-refractivity contribution in [2.24, 2.45) is 5.92 Å². The summed E-state index contributed by atoms with van der Waals surface area (Å²) in [7, 11) is -1.59. The van der Waals surface area contributed by atoms with E-state index < -0.39 is 26.8 Å². The Morgan fingerprint density at radius 2 is 1.63 bits per heavy atom. The van der Waals surface area contributed by atoms with Gasteiger partial charge in [0.25, 0.3) is 5.91 Å². The lowest BCUT2D eigenvalue weighted by atomic mass is 10.1. The zero-order valence-electron chi connectivity index (χ0n) is 21.3. The third-order valence-electron chi connectivity index (χ3n) is 5.44. The molecule has 0 radical (unpaired) electrons. The Bertz CT molecular complexity index is 1390. The van der Waals surface area contributed by atoms with Gasteiger partial charge in [-0.1, -0.05) is 32.0 Å². The van der Waals surface area contributed by atoms with E-state index in [2.05, 4.69) is 0 Å². The van der Waals surface area contributed by atoms with Crippen molar-refractivity contribution in [3.63, 3.8) is 0 Å². The van der Waals surface area contributed by atoms with Crippen molar-refractivity contribution in [1.29, 1.82) is 0 Å². The summed E-state index contributed by atoms with van der Waals surface area (Å²) < 4.78 is 80.2. The lowest BCUT2D eigenvalue weighted by Gasteiger charge is -2.26. The standard InChI is InChI=1S/C27H28F3NO6S/c1-18(2)16-31(26(32)24-12-11-21(35-3)15-25(24)36-4)17-19-7-5-9-22(13-19)37-38(33,34)23-10-6-8-20(14-23)27(28,29)30/h5-15,18H,16-17H2,1-4H3. The maximum Gasteiger partial charge on any atom is 0.416 e. The summed E-state index contributed by atoms with van der Waals surface area (Å²) >= 11 is 0. The van der Waals surface area contributed by atoms with E-state index >= 15 is 0 Å². The highest BCUT2D eigenvalue weighted by atomic mass is 32.2. The molecular formula is C27H28F3NO6S. The summed E-state index contributed by atoms with van der Waals surface area (Å²) in [6.07, 6.45) is -4.70. The number of alkyl halides is 3. The predicted octanol–water partition coefficient (Wildman–Crippen LogP) is 5.79. The van der Waals surface area contributed by atoms with Gasteiger partial charge in [-0.05, 0) is 53.9 Å². The van der Waals surface area contributed by atoms with Crippen LogP contribution in [-0.2, 0) is 22.8 Å². The summed E-state index contributed by atoms with van der Waals surface area (Å²) in [5, 5.41) is 0. The number of halogens is 3. The van der Waals surface area contributed by atoms with Crippen molar-refractivity contribution in [3.8, 4) is 17.2 Å². The largest absolute Gasteiger partial charge is 0.497 e. The van der Waals surface area contributed by atoms with Gasteiger partial charge in [0, 0.05) is 19.2 Å². The number of carbonyl (C=O) groups excluding carboxylic acids is 1. The number of amides is 1. The Hall–Kier alpha value is -3.73. The molecule has 38 heavy (non-hydrogen) atoms. The van der Waals surface area contributed by atoms with E-state index in [1.54, 1.807) is 29.2 Å². The van der Waals surface area contributed by atoms with E-state index in [0.29, 0.717) is 35.2 Å². The van der Waals surface area contributed by atoms with Crippen LogP contribution in [0.3, 0.4) is 0 Å². The molecule has 0 saturated heterocycles. The summed E-state index contributed by atoms with van der Waals surface area (Å²) in [6, 6.07) is 14.2. The zero-order chi connectivity index (χ0) is 28.1. The molecule has 3 aromatic carbocycles. The molecule has 0 N–H and O–H groups in total. The number of ether oxygens (including phenoxy) is 2. The Balaban J connectivity index is 1.87. The summed E-state index contributed by atoms with van der Waals surface area (Å²) in [5.74, 6) is 0.580. The topological polar surface area (TPSA) is 82.1 Å². The molecule has 0 fully saturated rings. The first kappa shape index (κ1) is 28.8. The SMILES string of the molecule is COc1ccc(C(=O)N(Cc2cccc(OS(=O)(=O)c3cccc(C(F)(F)F)c3)c2)CC(C)C)c(OC)c1. The predicted molar refractivity (Wildman–Crippen MR) is 135 cm³/mol. The van der Waals surface area contributed by atoms with Crippen molar-refractivity contribution < 1.29 is 40.0 Å². The summed E-state index contributed by atoms with van der Waals surface area (Å²) in [6.45, 7) is 4.41. The Morgan fingerprint density at radius 3 is 2.26 bits per heavy atom. The number of hydrogen-bond acceptors (Lipinski definition) is 6. The lowest BCUT2D eigenvalue weighted by Crippen LogP contribution is -2.34. The van der Waals surface area contributed by atoms with Crippen molar-refractivity contribution in [2.75, 3.05) is 20.8 Å². The smallest absolute Gasteiger partial charge is 0.416 e. The van der Waals surface area contributed by atoms with Crippen LogP contribution in [0.25, 0.3) is 0 Å². The second-order valence-electron chi connectivity index (χ2n) is 8.86. The fraction of sp³-hybridized carbons (Fsp3) is 0.296. The molecule has 0 bridgehead atoms. The van der Waals surface area contributed by atoms with Crippen molar-refractivity contribution in [1.82, 2.24) is 4.90 Å². The minimum absolute atomic E-state index is 0.0983. The Morgan fingerprint density at radius 1 is 0.921 bits per heavy atom. The third kappa shape index (κ3) is 7.18. The molecule has 0 heterocycles. The molecule has 204 valence electrons. The molecule has 1 amide bonds. The lowest BCUT2D eigenvalue weighted by molar-refractivity contribution is -0.137. The third-order valence-corrected chi connectivity index (χ3v) is 6.68. The van der Waals surface area contributed by atoms with Crippen LogP contribution < -0.4 is 13.7 Å². The number of benzene rings is 3. The molecule has 0 saturated carbocycles. The van der Waals surface area contributed by atoms with E-state index in [0.717, 1.165) is 18.2 Å². The van der Waals surface area contributed by atoms with E-state index in [-0.39, 0.29) is 24.1 Å². The molecule has 0 aliphatic carbocycles. The average molecular weight is 552 g/mol. The first-order valence-corrected chi connectivity index (χ1v) is 13.0. The molecule has 0 aliphatic rings. The van der Waals surface area contributed by atoms with E-state index in [9.17, 15) is 26.4 Å². The van der Waals surface area contributed by atoms with Gasteiger partial charge in [0.2, 0.25) is 0 Å². The fourth-order valence-corrected chi connectivity index (χ4v) is 4.69. The number of hydrogen-bond donors (Lipinski definition) is 0. The van der Waals surface area contributed by atoms with Crippen LogP contribution in [0, 0.1) is 5.92 Å². The molecule has 0 aromatic heterocycles. The highest BCUT2D eigenvalue weighted by Gasteiger charge is 2.32. The molecule has 3 aromatic rings. The van der Waals surface area contributed by atoms with Crippen LogP contribution in [0.5, 0.6) is 17.2 Å². The van der Waals surface area contributed by atoms with Gasteiger partial charge in [-0.15, -0.1) is 0 Å². The van der Waals surface area contributed by atoms with Crippen molar-refractivity contribution >= 4 is 16.0 Å². The molecule has 0 unspecified atom stereocenters. The van der Waals surface area contributed by atoms with Crippen LogP contribution in [0.4, 0.5) is 13.2 Å². The molecule has 7 nitrogen and oxygen atoms in total. The quantitative estimate of drug-likeness (QED) is 0.297. The average Bonchev–Trinajstić information content (AvgIpc) is 2.86. The molecule has 0 aliphatic heterocycles. The van der Waals surface area contributed by atoms with Gasteiger partial charge < -0.3 is 18.6 Å². The van der Waals surface area contributed by atoms with E-state index in [4.69, 9.17) is 13.7 Å². The van der Waals surface area contributed by atoms with Crippen LogP contribution >= 0.6 is 0 Å². The van der Waals surface area contributed by atoms with Crippen molar-refractivity contribution in [2.45, 2.75) is 31.5 Å². The van der Waals surface area contributed by atoms with Crippen LogP contribution in [0.1, 0.15) is 35.3 Å². The maximum atomic E-state index is 13.5. The van der Waals surface area contributed by atoms with Gasteiger partial charge >= 0.3 is 16.3 Å². The molecular weight excluding hydrogens is 523 g/mol. The number of nitrogens with zero attached hydrogens (tertiary/aromatic N) is 1. The number of carbonyl (C=O) groups is 1. The van der Waals surface area contributed by atoms with Gasteiger partial charge in [0.05, 0.1) is 25.3 Å². The van der Waals surface area contributed by atoms with E-state index in [1.165, 1.54) is 32.4 Å². The minimum Gasteiger partial charge on any atom is -0.497 e. The first-order chi connectivity index (χ1) is 17.8. The van der Waals surface area contributed by atoms with Gasteiger partial charge in [0.1, 0.15) is 22.1 Å². The van der Waals surface area contributed by atoms with Crippen LogP contribution in [0.2, 0.25) is 0 Å². The number of methoxy groups -OCH3 is 2. The monoisotopic (exact) mass is 551 g/mol. The number of rotatable bonds is 10. The highest BCUT2D eigenvalue weighted by Crippen LogP contribution is 2.31. The molecule has 0 atom stereocenters.